The minimum absolute atomic E-state index is 0.380. The fourth-order valence-corrected chi connectivity index (χ4v) is 3.96. The lowest BCUT2D eigenvalue weighted by Gasteiger charge is -2.18. The van der Waals surface area contributed by atoms with E-state index in [9.17, 15) is 0 Å². The summed E-state index contributed by atoms with van der Waals surface area (Å²) in [7, 11) is 0. The summed E-state index contributed by atoms with van der Waals surface area (Å²) in [6, 6.07) is 11.0. The van der Waals surface area contributed by atoms with Crippen molar-refractivity contribution >= 4 is 0 Å². The van der Waals surface area contributed by atoms with Crippen molar-refractivity contribution in [3.63, 3.8) is 0 Å². The van der Waals surface area contributed by atoms with Crippen molar-refractivity contribution in [1.29, 1.82) is 0 Å². The van der Waals surface area contributed by atoms with Crippen LogP contribution in [0.4, 0.5) is 0 Å². The third kappa shape index (κ3) is 3.06. The third-order valence-corrected chi connectivity index (χ3v) is 5.12. The second kappa shape index (κ2) is 6.69. The number of fused-ring (bicyclic) bond motifs is 1. The van der Waals surface area contributed by atoms with Crippen LogP contribution in [0.3, 0.4) is 0 Å². The summed E-state index contributed by atoms with van der Waals surface area (Å²) in [6.45, 7) is 10.6. The number of H-pyrrole nitrogens is 1. The van der Waals surface area contributed by atoms with Crippen molar-refractivity contribution in [2.24, 2.45) is 0 Å². The Morgan fingerprint density at radius 1 is 0.962 bits per heavy atom. The van der Waals surface area contributed by atoms with Gasteiger partial charge in [-0.05, 0) is 62.1 Å². The van der Waals surface area contributed by atoms with Gasteiger partial charge in [0.25, 0.3) is 0 Å². The lowest BCUT2D eigenvalue weighted by molar-refractivity contribution is 0.644. The average Bonchev–Trinajstić information content (AvgIpc) is 3.06. The molecule has 2 N–H and O–H groups in total. The normalized spacial score (nSPS) is 13.9. The lowest BCUT2D eigenvalue weighted by Crippen LogP contribution is -2.23. The van der Waals surface area contributed by atoms with Crippen LogP contribution < -0.4 is 5.32 Å². The van der Waals surface area contributed by atoms with Gasteiger partial charge in [0.2, 0.25) is 0 Å². The molecule has 1 aliphatic rings. The van der Waals surface area contributed by atoms with Crippen molar-refractivity contribution in [3.05, 3.63) is 58.4 Å². The topological polar surface area (TPSA) is 53.6 Å². The number of hydrogen-bond donors (Lipinski definition) is 2. The molecule has 0 spiro atoms. The first kappa shape index (κ1) is 17.0. The highest BCUT2D eigenvalue weighted by Gasteiger charge is 2.20. The summed E-state index contributed by atoms with van der Waals surface area (Å²) in [5, 5.41) is 11.5. The number of aromatic amines is 1. The van der Waals surface area contributed by atoms with Crippen LogP contribution in [0.2, 0.25) is 0 Å². The minimum atomic E-state index is 0.380. The number of aryl methyl sites for hydroxylation is 2. The predicted octanol–water partition coefficient (Wildman–Crippen LogP) is 4.52. The van der Waals surface area contributed by atoms with Crippen LogP contribution in [0.1, 0.15) is 47.8 Å². The van der Waals surface area contributed by atoms with Gasteiger partial charge in [0.15, 0.2) is 0 Å². The molecule has 3 heterocycles. The molecule has 0 radical (unpaired) electrons. The number of nitrogens with zero attached hydrogens (tertiary/aromatic N) is 2. The second-order valence-corrected chi connectivity index (χ2v) is 7.56. The number of pyridine rings is 1. The molecule has 26 heavy (non-hydrogen) atoms. The number of benzene rings is 1. The SMILES string of the molecule is Cc1cc(-c2[nH]nc(-c3ccc4c(c3)CCNC4)c2C(C)C)cc(C)n1. The van der Waals surface area contributed by atoms with Gasteiger partial charge >= 0.3 is 0 Å². The standard InChI is InChI=1S/C22H26N4/c1-13(2)20-21(17-5-6-18-12-23-8-7-16(18)11-17)25-26-22(20)19-9-14(3)24-15(4)10-19/h5-6,9-11,13,23H,7-8,12H2,1-4H3,(H,25,26). The molecular formula is C22H26N4. The molecule has 0 fully saturated rings. The Kier molecular flexibility index (Phi) is 4.37. The zero-order valence-corrected chi connectivity index (χ0v) is 16.0. The van der Waals surface area contributed by atoms with E-state index in [0.29, 0.717) is 5.92 Å². The van der Waals surface area contributed by atoms with E-state index in [1.54, 1.807) is 0 Å². The van der Waals surface area contributed by atoms with Gasteiger partial charge in [-0.25, -0.2) is 0 Å². The van der Waals surface area contributed by atoms with E-state index in [-0.39, 0.29) is 0 Å². The van der Waals surface area contributed by atoms with Crippen molar-refractivity contribution < 1.29 is 0 Å². The lowest BCUT2D eigenvalue weighted by atomic mass is 9.91. The van der Waals surface area contributed by atoms with Gasteiger partial charge in [-0.2, -0.15) is 5.10 Å². The van der Waals surface area contributed by atoms with E-state index in [1.165, 1.54) is 27.8 Å². The van der Waals surface area contributed by atoms with Gasteiger partial charge in [-0.3, -0.25) is 10.1 Å². The van der Waals surface area contributed by atoms with E-state index in [2.05, 4.69) is 59.6 Å². The molecule has 0 amide bonds. The van der Waals surface area contributed by atoms with E-state index >= 15 is 0 Å². The van der Waals surface area contributed by atoms with E-state index < -0.39 is 0 Å². The summed E-state index contributed by atoms with van der Waals surface area (Å²) in [4.78, 5) is 4.51. The number of nitrogens with one attached hydrogen (secondary N) is 2. The fourth-order valence-electron chi connectivity index (χ4n) is 3.96. The molecule has 1 aromatic carbocycles. The summed E-state index contributed by atoms with van der Waals surface area (Å²) >= 11 is 0. The van der Waals surface area contributed by atoms with Gasteiger partial charge in [0.1, 0.15) is 0 Å². The van der Waals surface area contributed by atoms with Gasteiger partial charge in [-0.1, -0.05) is 26.0 Å². The van der Waals surface area contributed by atoms with Crippen LogP contribution in [0.5, 0.6) is 0 Å². The highest BCUT2D eigenvalue weighted by Crippen LogP contribution is 2.36. The van der Waals surface area contributed by atoms with Crippen molar-refractivity contribution in [2.75, 3.05) is 6.54 Å². The van der Waals surface area contributed by atoms with Crippen LogP contribution in [-0.4, -0.2) is 21.7 Å². The average molecular weight is 346 g/mol. The monoisotopic (exact) mass is 346 g/mol. The summed E-state index contributed by atoms with van der Waals surface area (Å²) < 4.78 is 0. The van der Waals surface area contributed by atoms with Crippen LogP contribution in [0, 0.1) is 13.8 Å². The number of hydrogen-bond acceptors (Lipinski definition) is 3. The molecule has 134 valence electrons. The summed E-state index contributed by atoms with van der Waals surface area (Å²) in [5.41, 5.74) is 10.8. The molecule has 0 atom stereocenters. The first-order valence-corrected chi connectivity index (χ1v) is 9.39. The molecule has 0 bridgehead atoms. The molecule has 3 aromatic rings. The highest BCUT2D eigenvalue weighted by atomic mass is 15.1. The molecule has 0 saturated carbocycles. The number of aromatic nitrogens is 3. The largest absolute Gasteiger partial charge is 0.312 e. The van der Waals surface area contributed by atoms with Crippen LogP contribution >= 0.6 is 0 Å². The molecule has 4 rings (SSSR count). The summed E-state index contributed by atoms with van der Waals surface area (Å²) in [6.07, 6.45) is 1.08. The van der Waals surface area contributed by atoms with Crippen molar-refractivity contribution in [2.45, 2.75) is 46.6 Å². The molecule has 0 unspecified atom stereocenters. The van der Waals surface area contributed by atoms with Crippen LogP contribution in [-0.2, 0) is 13.0 Å². The fraction of sp³-hybridized carbons (Fsp3) is 0.364. The van der Waals surface area contributed by atoms with Crippen molar-refractivity contribution in [3.8, 4) is 22.5 Å². The van der Waals surface area contributed by atoms with E-state index in [4.69, 9.17) is 5.10 Å². The third-order valence-electron chi connectivity index (χ3n) is 5.12. The molecule has 4 nitrogen and oxygen atoms in total. The van der Waals surface area contributed by atoms with Gasteiger partial charge in [0.05, 0.1) is 11.4 Å². The Hall–Kier alpha value is -2.46. The Morgan fingerprint density at radius 3 is 2.46 bits per heavy atom. The highest BCUT2D eigenvalue weighted by molar-refractivity contribution is 5.75. The minimum Gasteiger partial charge on any atom is -0.312 e. The van der Waals surface area contributed by atoms with Crippen molar-refractivity contribution in [1.82, 2.24) is 20.5 Å². The quantitative estimate of drug-likeness (QED) is 0.733. The van der Waals surface area contributed by atoms with Crippen LogP contribution in [0.15, 0.2) is 30.3 Å². The Bertz CT molecular complexity index is 933. The summed E-state index contributed by atoms with van der Waals surface area (Å²) in [5.74, 6) is 0.380. The molecule has 2 aromatic heterocycles. The van der Waals surface area contributed by atoms with Gasteiger partial charge in [-0.15, -0.1) is 0 Å². The molecule has 0 aliphatic carbocycles. The van der Waals surface area contributed by atoms with E-state index in [1.807, 2.05) is 13.8 Å². The molecular weight excluding hydrogens is 320 g/mol. The van der Waals surface area contributed by atoms with Gasteiger partial charge in [0, 0.05) is 34.6 Å². The maximum Gasteiger partial charge on any atom is 0.0961 e. The molecule has 1 aliphatic heterocycles. The Morgan fingerprint density at radius 2 is 1.73 bits per heavy atom. The maximum atomic E-state index is 4.73. The first-order chi connectivity index (χ1) is 12.5. The first-order valence-electron chi connectivity index (χ1n) is 9.39. The van der Waals surface area contributed by atoms with E-state index in [0.717, 1.165) is 42.3 Å². The zero-order chi connectivity index (χ0) is 18.3. The maximum absolute atomic E-state index is 4.73. The smallest absolute Gasteiger partial charge is 0.0961 e. The van der Waals surface area contributed by atoms with Gasteiger partial charge < -0.3 is 5.32 Å². The second-order valence-electron chi connectivity index (χ2n) is 7.56. The predicted molar refractivity (Wildman–Crippen MR) is 106 cm³/mol. The molecule has 0 saturated heterocycles. The Balaban J connectivity index is 1.84. The van der Waals surface area contributed by atoms with Crippen LogP contribution in [0.25, 0.3) is 22.5 Å². The number of rotatable bonds is 3. The Labute approximate surface area is 155 Å². The zero-order valence-electron chi connectivity index (χ0n) is 16.0. The molecule has 4 heteroatoms.